The highest BCUT2D eigenvalue weighted by Crippen LogP contribution is 2.23. The largest absolute Gasteiger partial charge is 0.269 e. The van der Waals surface area contributed by atoms with Crippen LogP contribution in [0.5, 0.6) is 0 Å². The van der Waals surface area contributed by atoms with Gasteiger partial charge in [-0.25, -0.2) is 26.2 Å². The molecule has 0 atom stereocenters. The molecule has 0 spiro atoms. The number of hydrogen-bond donors (Lipinski definition) is 2. The molecular formula is C17H17N5O6S2. The Bertz CT molecular complexity index is 1310. The third kappa shape index (κ3) is 4.32. The normalized spacial score (nSPS) is 11.9. The van der Waals surface area contributed by atoms with Crippen LogP contribution in [0.3, 0.4) is 0 Å². The summed E-state index contributed by atoms with van der Waals surface area (Å²) in [4.78, 5) is 9.82. The molecule has 0 radical (unpaired) electrons. The number of anilines is 1. The quantitative estimate of drug-likeness (QED) is 0.410. The maximum atomic E-state index is 12.8. The van der Waals surface area contributed by atoms with Gasteiger partial charge in [0.1, 0.15) is 5.82 Å². The molecule has 0 aliphatic heterocycles. The Balaban J connectivity index is 1.99. The van der Waals surface area contributed by atoms with Crippen molar-refractivity contribution in [1.82, 2.24) is 14.5 Å². The number of nitrogens with one attached hydrogen (secondary N) is 2. The van der Waals surface area contributed by atoms with Gasteiger partial charge in [-0.3, -0.25) is 14.8 Å². The van der Waals surface area contributed by atoms with E-state index in [2.05, 4.69) is 14.5 Å². The van der Waals surface area contributed by atoms with E-state index in [1.54, 1.807) is 6.92 Å². The molecule has 0 aliphatic rings. The summed E-state index contributed by atoms with van der Waals surface area (Å²) in [5.74, 6) is 0.0863. The number of rotatable bonds is 7. The standard InChI is InChI=1S/C17H17N5O6S2/c1-12-10-17(21(19-12)13-6-8-14(9-7-13)22(23)24)20-30(27,28)16-5-3-4-15(11-16)29(25,26)18-2/h3-11,18,20H,1-2H3. The first-order chi connectivity index (χ1) is 14.0. The summed E-state index contributed by atoms with van der Waals surface area (Å²) >= 11 is 0. The van der Waals surface area contributed by atoms with E-state index < -0.39 is 25.0 Å². The van der Waals surface area contributed by atoms with E-state index in [-0.39, 0.29) is 21.3 Å². The van der Waals surface area contributed by atoms with Crippen molar-refractivity contribution < 1.29 is 21.8 Å². The Morgan fingerprint density at radius 3 is 2.13 bits per heavy atom. The molecular weight excluding hydrogens is 434 g/mol. The molecule has 2 aromatic carbocycles. The van der Waals surface area contributed by atoms with Crippen molar-refractivity contribution in [1.29, 1.82) is 0 Å². The summed E-state index contributed by atoms with van der Waals surface area (Å²) in [6, 6.07) is 11.8. The topological polar surface area (TPSA) is 153 Å². The molecule has 0 unspecified atom stereocenters. The zero-order chi connectivity index (χ0) is 22.1. The molecule has 11 nitrogen and oxygen atoms in total. The van der Waals surface area contributed by atoms with Gasteiger partial charge in [0, 0.05) is 18.2 Å². The van der Waals surface area contributed by atoms with Crippen LogP contribution < -0.4 is 9.44 Å². The summed E-state index contributed by atoms with van der Waals surface area (Å²) in [5, 5.41) is 15.0. The van der Waals surface area contributed by atoms with Crippen LogP contribution in [-0.2, 0) is 20.0 Å². The first-order valence-corrected chi connectivity index (χ1v) is 11.4. The number of sulfonamides is 2. The molecule has 13 heteroatoms. The molecule has 0 aliphatic carbocycles. The van der Waals surface area contributed by atoms with Gasteiger partial charge in [-0.05, 0) is 44.3 Å². The minimum Gasteiger partial charge on any atom is -0.263 e. The first kappa shape index (κ1) is 21.4. The molecule has 3 aromatic rings. The Morgan fingerprint density at radius 1 is 0.967 bits per heavy atom. The van der Waals surface area contributed by atoms with Crippen molar-refractivity contribution in [3.05, 3.63) is 70.4 Å². The fourth-order valence-electron chi connectivity index (χ4n) is 2.61. The summed E-state index contributed by atoms with van der Waals surface area (Å²) in [5.41, 5.74) is 0.780. The lowest BCUT2D eigenvalue weighted by molar-refractivity contribution is -0.384. The van der Waals surface area contributed by atoms with Crippen LogP contribution in [0.4, 0.5) is 11.5 Å². The maximum absolute atomic E-state index is 12.8. The highest BCUT2D eigenvalue weighted by molar-refractivity contribution is 7.93. The Kier molecular flexibility index (Phi) is 5.61. The van der Waals surface area contributed by atoms with E-state index in [1.165, 1.54) is 60.3 Å². The molecule has 158 valence electrons. The number of aryl methyl sites for hydroxylation is 1. The molecule has 3 rings (SSSR count). The molecule has 0 amide bonds. The van der Waals surface area contributed by atoms with Crippen LogP contribution in [0.2, 0.25) is 0 Å². The van der Waals surface area contributed by atoms with Crippen LogP contribution in [0.25, 0.3) is 5.69 Å². The van der Waals surface area contributed by atoms with Gasteiger partial charge >= 0.3 is 0 Å². The van der Waals surface area contributed by atoms with Gasteiger partial charge in [-0.2, -0.15) is 5.10 Å². The fourth-order valence-corrected chi connectivity index (χ4v) is 4.54. The van der Waals surface area contributed by atoms with Crippen LogP contribution in [0, 0.1) is 17.0 Å². The maximum Gasteiger partial charge on any atom is 0.269 e. The minimum absolute atomic E-state index is 0.0863. The monoisotopic (exact) mass is 451 g/mol. The van der Waals surface area contributed by atoms with Crippen LogP contribution in [0.1, 0.15) is 5.69 Å². The summed E-state index contributed by atoms with van der Waals surface area (Å²) in [6.45, 7) is 1.65. The number of nitro benzene ring substituents is 1. The summed E-state index contributed by atoms with van der Waals surface area (Å²) < 4.78 is 55.4. The predicted octanol–water partition coefficient (Wildman–Crippen LogP) is 1.80. The van der Waals surface area contributed by atoms with E-state index >= 15 is 0 Å². The average molecular weight is 451 g/mol. The Hall–Kier alpha value is -3.29. The second-order valence-corrected chi connectivity index (χ2v) is 9.71. The number of nitro groups is 1. The van der Waals surface area contributed by atoms with Crippen molar-refractivity contribution >= 4 is 31.6 Å². The third-order valence-corrected chi connectivity index (χ3v) is 6.83. The zero-order valence-electron chi connectivity index (χ0n) is 15.8. The SMILES string of the molecule is CNS(=O)(=O)c1cccc(S(=O)(=O)Nc2cc(C)nn2-c2ccc([N+](=O)[O-])cc2)c1. The first-order valence-electron chi connectivity index (χ1n) is 8.41. The molecule has 0 fully saturated rings. The second kappa shape index (κ2) is 7.85. The van der Waals surface area contributed by atoms with Crippen molar-refractivity contribution in [2.24, 2.45) is 0 Å². The van der Waals surface area contributed by atoms with Crippen LogP contribution >= 0.6 is 0 Å². The van der Waals surface area contributed by atoms with Gasteiger partial charge in [-0.15, -0.1) is 0 Å². The Morgan fingerprint density at radius 2 is 1.57 bits per heavy atom. The summed E-state index contributed by atoms with van der Waals surface area (Å²) in [7, 11) is -6.76. The zero-order valence-corrected chi connectivity index (χ0v) is 17.4. The molecule has 30 heavy (non-hydrogen) atoms. The molecule has 2 N–H and O–H groups in total. The van der Waals surface area contributed by atoms with Gasteiger partial charge in [-0.1, -0.05) is 6.07 Å². The molecule has 0 saturated heterocycles. The molecule has 0 saturated carbocycles. The van der Waals surface area contributed by atoms with Crippen molar-refractivity contribution in [3.63, 3.8) is 0 Å². The number of hydrogen-bond acceptors (Lipinski definition) is 7. The lowest BCUT2D eigenvalue weighted by atomic mass is 10.3. The molecule has 1 aromatic heterocycles. The Labute approximate surface area is 172 Å². The van der Waals surface area contributed by atoms with E-state index in [0.29, 0.717) is 11.4 Å². The fraction of sp³-hybridized carbons (Fsp3) is 0.118. The minimum atomic E-state index is -4.15. The number of nitrogens with zero attached hydrogens (tertiary/aromatic N) is 3. The lowest BCUT2D eigenvalue weighted by Crippen LogP contribution is -2.20. The second-order valence-electron chi connectivity index (χ2n) is 6.14. The van der Waals surface area contributed by atoms with E-state index in [9.17, 15) is 26.9 Å². The average Bonchev–Trinajstić information content (AvgIpc) is 3.07. The lowest BCUT2D eigenvalue weighted by Gasteiger charge is -2.11. The van der Waals surface area contributed by atoms with Crippen molar-refractivity contribution in [2.75, 3.05) is 11.8 Å². The van der Waals surface area contributed by atoms with Gasteiger partial charge in [0.2, 0.25) is 10.0 Å². The highest BCUT2D eigenvalue weighted by Gasteiger charge is 2.21. The van der Waals surface area contributed by atoms with Crippen molar-refractivity contribution in [3.8, 4) is 5.69 Å². The highest BCUT2D eigenvalue weighted by atomic mass is 32.2. The third-order valence-electron chi connectivity index (χ3n) is 4.07. The van der Waals surface area contributed by atoms with Gasteiger partial charge in [0.05, 0.1) is 26.1 Å². The van der Waals surface area contributed by atoms with E-state index in [1.807, 2.05) is 0 Å². The summed E-state index contributed by atoms with van der Waals surface area (Å²) in [6.07, 6.45) is 0. The predicted molar refractivity (Wildman–Crippen MR) is 108 cm³/mol. The number of non-ortho nitro benzene ring substituents is 1. The van der Waals surface area contributed by atoms with E-state index in [4.69, 9.17) is 0 Å². The van der Waals surface area contributed by atoms with Gasteiger partial charge < -0.3 is 0 Å². The van der Waals surface area contributed by atoms with E-state index in [0.717, 1.165) is 6.07 Å². The molecule has 1 heterocycles. The number of benzene rings is 2. The van der Waals surface area contributed by atoms with Gasteiger partial charge in [0.25, 0.3) is 15.7 Å². The van der Waals surface area contributed by atoms with Crippen LogP contribution in [0.15, 0.2) is 64.4 Å². The van der Waals surface area contributed by atoms with Crippen molar-refractivity contribution in [2.45, 2.75) is 16.7 Å². The number of aromatic nitrogens is 2. The van der Waals surface area contributed by atoms with Gasteiger partial charge in [0.15, 0.2) is 0 Å². The van der Waals surface area contributed by atoms with Crippen LogP contribution in [-0.4, -0.2) is 38.6 Å². The molecule has 0 bridgehead atoms. The smallest absolute Gasteiger partial charge is 0.263 e.